The van der Waals surface area contributed by atoms with Gasteiger partial charge in [0.2, 0.25) is 15.9 Å². The fourth-order valence-electron chi connectivity index (χ4n) is 2.51. The van der Waals surface area contributed by atoms with Gasteiger partial charge in [-0.1, -0.05) is 18.2 Å². The van der Waals surface area contributed by atoms with Crippen molar-refractivity contribution in [3.8, 4) is 11.5 Å². The number of carbonyl (C=O) groups is 1. The van der Waals surface area contributed by atoms with Gasteiger partial charge in [-0.05, 0) is 42.3 Å². The number of methoxy groups -OCH3 is 2. The number of ether oxygens (including phenoxy) is 2. The number of amides is 1. The molecule has 1 N–H and O–H groups in total. The molecule has 8 heteroatoms. The molecule has 0 heterocycles. The Labute approximate surface area is 160 Å². The van der Waals surface area contributed by atoms with Crippen molar-refractivity contribution >= 4 is 21.6 Å². The van der Waals surface area contributed by atoms with Crippen LogP contribution in [0.4, 0.5) is 5.69 Å². The number of anilines is 1. The molecule has 0 aliphatic heterocycles. The van der Waals surface area contributed by atoms with Gasteiger partial charge in [0.05, 0.1) is 26.2 Å². The standard InChI is InChI=1S/C19H24N2O5S/c1-14-5-10-18(26-3)17(11-14)21(27(4,23)24)13-19(22)20-12-15-6-8-16(25-2)9-7-15/h5-11H,12-13H2,1-4H3,(H,20,22). The molecule has 0 saturated heterocycles. The SMILES string of the molecule is COc1ccc(CNC(=O)CN(c2cc(C)ccc2OC)S(C)(=O)=O)cc1. The quantitative estimate of drug-likeness (QED) is 0.744. The van der Waals surface area contributed by atoms with Gasteiger partial charge in [-0.25, -0.2) is 8.42 Å². The van der Waals surface area contributed by atoms with E-state index in [1.54, 1.807) is 31.4 Å². The molecule has 1 amide bonds. The first kappa shape index (κ1) is 20.6. The molecular weight excluding hydrogens is 368 g/mol. The lowest BCUT2D eigenvalue weighted by atomic mass is 10.2. The zero-order chi connectivity index (χ0) is 20.0. The molecule has 146 valence electrons. The number of aryl methyl sites for hydroxylation is 1. The van der Waals surface area contributed by atoms with Crippen molar-refractivity contribution in [2.24, 2.45) is 0 Å². The maximum Gasteiger partial charge on any atom is 0.241 e. The molecule has 0 radical (unpaired) electrons. The molecule has 0 spiro atoms. The van der Waals surface area contributed by atoms with Crippen molar-refractivity contribution < 1.29 is 22.7 Å². The first-order chi connectivity index (χ1) is 12.7. The summed E-state index contributed by atoms with van der Waals surface area (Å²) in [6, 6.07) is 12.4. The topological polar surface area (TPSA) is 84.9 Å². The first-order valence-corrected chi connectivity index (χ1v) is 10.1. The molecule has 0 saturated carbocycles. The number of nitrogens with zero attached hydrogens (tertiary/aromatic N) is 1. The molecule has 2 aromatic rings. The summed E-state index contributed by atoms with van der Waals surface area (Å²) >= 11 is 0. The average Bonchev–Trinajstić information content (AvgIpc) is 2.64. The summed E-state index contributed by atoms with van der Waals surface area (Å²) < 4.78 is 35.9. The molecule has 0 bridgehead atoms. The summed E-state index contributed by atoms with van der Waals surface area (Å²) in [7, 11) is -0.642. The highest BCUT2D eigenvalue weighted by molar-refractivity contribution is 7.92. The molecule has 2 aromatic carbocycles. The van der Waals surface area contributed by atoms with Crippen molar-refractivity contribution in [1.82, 2.24) is 5.32 Å². The van der Waals surface area contributed by atoms with Crippen LogP contribution in [-0.4, -0.2) is 41.3 Å². The Balaban J connectivity index is 2.14. The predicted octanol–water partition coefficient (Wildman–Crippen LogP) is 2.09. The highest BCUT2D eigenvalue weighted by atomic mass is 32.2. The van der Waals surface area contributed by atoms with Crippen LogP contribution in [0.1, 0.15) is 11.1 Å². The van der Waals surface area contributed by atoms with Crippen LogP contribution in [-0.2, 0) is 21.4 Å². The highest BCUT2D eigenvalue weighted by Gasteiger charge is 2.24. The number of benzene rings is 2. The van der Waals surface area contributed by atoms with E-state index in [4.69, 9.17) is 9.47 Å². The van der Waals surface area contributed by atoms with Crippen LogP contribution in [0.5, 0.6) is 11.5 Å². The summed E-state index contributed by atoms with van der Waals surface area (Å²) in [4.78, 5) is 12.4. The van der Waals surface area contributed by atoms with Crippen molar-refractivity contribution in [2.75, 3.05) is 31.3 Å². The Kier molecular flexibility index (Phi) is 6.68. The van der Waals surface area contributed by atoms with Gasteiger partial charge in [0, 0.05) is 6.54 Å². The number of hydrogen-bond acceptors (Lipinski definition) is 5. The van der Waals surface area contributed by atoms with Gasteiger partial charge in [0.15, 0.2) is 0 Å². The van der Waals surface area contributed by atoms with Gasteiger partial charge < -0.3 is 14.8 Å². The van der Waals surface area contributed by atoms with E-state index in [2.05, 4.69) is 5.32 Å². The smallest absolute Gasteiger partial charge is 0.241 e. The van der Waals surface area contributed by atoms with E-state index in [0.29, 0.717) is 11.4 Å². The van der Waals surface area contributed by atoms with Crippen LogP contribution >= 0.6 is 0 Å². The summed E-state index contributed by atoms with van der Waals surface area (Å²) in [6.45, 7) is 1.79. The maximum absolute atomic E-state index is 12.4. The molecular formula is C19H24N2O5S. The summed E-state index contributed by atoms with van der Waals surface area (Å²) in [5, 5.41) is 2.73. The lowest BCUT2D eigenvalue weighted by Gasteiger charge is -2.24. The minimum Gasteiger partial charge on any atom is -0.497 e. The number of rotatable bonds is 8. The fraction of sp³-hybridized carbons (Fsp3) is 0.316. The van der Waals surface area contributed by atoms with E-state index in [9.17, 15) is 13.2 Å². The monoisotopic (exact) mass is 392 g/mol. The number of hydrogen-bond donors (Lipinski definition) is 1. The lowest BCUT2D eigenvalue weighted by molar-refractivity contribution is -0.119. The first-order valence-electron chi connectivity index (χ1n) is 8.26. The van der Waals surface area contributed by atoms with E-state index in [1.807, 2.05) is 25.1 Å². The average molecular weight is 392 g/mol. The molecule has 0 aromatic heterocycles. The normalized spacial score (nSPS) is 11.0. The molecule has 0 aliphatic carbocycles. The molecule has 0 aliphatic rings. The zero-order valence-electron chi connectivity index (χ0n) is 15.9. The number of sulfonamides is 1. The van der Waals surface area contributed by atoms with Gasteiger partial charge in [-0.2, -0.15) is 0 Å². The second-order valence-corrected chi connectivity index (χ2v) is 7.98. The molecule has 27 heavy (non-hydrogen) atoms. The third kappa shape index (κ3) is 5.62. The summed E-state index contributed by atoms with van der Waals surface area (Å²) in [5.74, 6) is 0.689. The largest absolute Gasteiger partial charge is 0.497 e. The zero-order valence-corrected chi connectivity index (χ0v) is 16.7. The Morgan fingerprint density at radius 2 is 1.74 bits per heavy atom. The van der Waals surface area contributed by atoms with Gasteiger partial charge >= 0.3 is 0 Å². The lowest BCUT2D eigenvalue weighted by Crippen LogP contribution is -2.40. The number of carbonyl (C=O) groups excluding carboxylic acids is 1. The summed E-state index contributed by atoms with van der Waals surface area (Å²) in [5.41, 5.74) is 2.07. The molecule has 2 rings (SSSR count). The second-order valence-electron chi connectivity index (χ2n) is 6.07. The molecule has 0 fully saturated rings. The Morgan fingerprint density at radius 1 is 1.07 bits per heavy atom. The predicted molar refractivity (Wildman–Crippen MR) is 105 cm³/mol. The van der Waals surface area contributed by atoms with Gasteiger partial charge in [0.1, 0.15) is 18.0 Å². The van der Waals surface area contributed by atoms with Crippen LogP contribution in [0.25, 0.3) is 0 Å². The van der Waals surface area contributed by atoms with Crippen LogP contribution in [0, 0.1) is 6.92 Å². The Bertz CT molecular complexity index is 895. The minimum atomic E-state index is -3.68. The Morgan fingerprint density at radius 3 is 2.30 bits per heavy atom. The molecule has 0 atom stereocenters. The van der Waals surface area contributed by atoms with Crippen molar-refractivity contribution in [2.45, 2.75) is 13.5 Å². The van der Waals surface area contributed by atoms with Crippen molar-refractivity contribution in [3.63, 3.8) is 0 Å². The van der Waals surface area contributed by atoms with Gasteiger partial charge in [0.25, 0.3) is 0 Å². The maximum atomic E-state index is 12.4. The van der Waals surface area contributed by atoms with E-state index in [0.717, 1.165) is 27.4 Å². The molecule has 0 unspecified atom stereocenters. The van der Waals surface area contributed by atoms with Crippen LogP contribution < -0.4 is 19.1 Å². The van der Waals surface area contributed by atoms with Crippen LogP contribution in [0.15, 0.2) is 42.5 Å². The van der Waals surface area contributed by atoms with Crippen molar-refractivity contribution in [1.29, 1.82) is 0 Å². The minimum absolute atomic E-state index is 0.283. The van der Waals surface area contributed by atoms with Crippen LogP contribution in [0.2, 0.25) is 0 Å². The Hall–Kier alpha value is -2.74. The van der Waals surface area contributed by atoms with E-state index < -0.39 is 15.9 Å². The van der Waals surface area contributed by atoms with Crippen LogP contribution in [0.3, 0.4) is 0 Å². The van der Waals surface area contributed by atoms with Gasteiger partial charge in [-0.3, -0.25) is 9.10 Å². The summed E-state index contributed by atoms with van der Waals surface area (Å²) in [6.07, 6.45) is 1.06. The van der Waals surface area contributed by atoms with Crippen molar-refractivity contribution in [3.05, 3.63) is 53.6 Å². The number of nitrogens with one attached hydrogen (secondary N) is 1. The fourth-order valence-corrected chi connectivity index (χ4v) is 3.36. The highest BCUT2D eigenvalue weighted by Crippen LogP contribution is 2.30. The second kappa shape index (κ2) is 8.77. The van der Waals surface area contributed by atoms with Gasteiger partial charge in [-0.15, -0.1) is 0 Å². The molecule has 7 nitrogen and oxygen atoms in total. The van der Waals surface area contributed by atoms with E-state index in [-0.39, 0.29) is 13.1 Å². The third-order valence-corrected chi connectivity index (χ3v) is 5.07. The van der Waals surface area contributed by atoms with E-state index >= 15 is 0 Å². The van der Waals surface area contributed by atoms with E-state index in [1.165, 1.54) is 7.11 Å². The third-order valence-electron chi connectivity index (χ3n) is 3.94.